The summed E-state index contributed by atoms with van der Waals surface area (Å²) in [6, 6.07) is 3.79. The molecule has 2 heterocycles. The zero-order chi connectivity index (χ0) is 12.8. The molecule has 0 bridgehead atoms. The first-order chi connectivity index (χ1) is 8.83. The largest absolute Gasteiger partial charge is 0.381 e. The lowest BCUT2D eigenvalue weighted by Crippen LogP contribution is -2.07. The van der Waals surface area contributed by atoms with Gasteiger partial charge in [0.15, 0.2) is 5.65 Å². The van der Waals surface area contributed by atoms with Gasteiger partial charge in [0, 0.05) is 26.0 Å². The van der Waals surface area contributed by atoms with Gasteiger partial charge in [-0.25, -0.2) is 9.97 Å². The number of nitrogens with two attached hydrogens (primary N) is 1. The Bertz CT molecular complexity index is 495. The maximum absolute atomic E-state index is 5.89. The predicted molar refractivity (Wildman–Crippen MR) is 72.3 cm³/mol. The zero-order valence-electron chi connectivity index (χ0n) is 10.8. The first kappa shape index (κ1) is 12.8. The lowest BCUT2D eigenvalue weighted by atomic mass is 10.3. The highest BCUT2D eigenvalue weighted by Gasteiger charge is 2.07. The summed E-state index contributed by atoms with van der Waals surface area (Å²) < 4.78 is 7.47. The van der Waals surface area contributed by atoms with E-state index in [9.17, 15) is 0 Å². The molecule has 0 fully saturated rings. The number of hydrogen-bond acceptors (Lipinski definition) is 4. The van der Waals surface area contributed by atoms with E-state index in [0.717, 1.165) is 43.8 Å². The molecule has 2 N–H and O–H groups in total. The van der Waals surface area contributed by atoms with Crippen LogP contribution in [0, 0.1) is 0 Å². The van der Waals surface area contributed by atoms with Gasteiger partial charge < -0.3 is 10.5 Å². The maximum atomic E-state index is 5.89. The number of pyridine rings is 1. The van der Waals surface area contributed by atoms with Crippen molar-refractivity contribution in [2.75, 3.05) is 18.9 Å². The maximum Gasteiger partial charge on any atom is 0.202 e. The minimum Gasteiger partial charge on any atom is -0.381 e. The van der Waals surface area contributed by atoms with Crippen molar-refractivity contribution in [3.63, 3.8) is 0 Å². The molecular formula is C13H20N4O. The number of anilines is 1. The van der Waals surface area contributed by atoms with Gasteiger partial charge in [-0.05, 0) is 25.0 Å². The van der Waals surface area contributed by atoms with Crippen LogP contribution in [0.2, 0.25) is 0 Å². The Morgan fingerprint density at radius 3 is 3.00 bits per heavy atom. The third-order valence-electron chi connectivity index (χ3n) is 2.85. The monoisotopic (exact) mass is 248 g/mol. The number of nitrogen functional groups attached to an aromatic ring is 1. The van der Waals surface area contributed by atoms with Gasteiger partial charge in [-0.3, -0.25) is 4.57 Å². The summed E-state index contributed by atoms with van der Waals surface area (Å²) >= 11 is 0. The minimum absolute atomic E-state index is 0.525. The second kappa shape index (κ2) is 6.35. The van der Waals surface area contributed by atoms with Crippen LogP contribution in [0.1, 0.15) is 26.2 Å². The molecule has 2 rings (SSSR count). The minimum atomic E-state index is 0.525. The number of aryl methyl sites for hydroxylation is 1. The summed E-state index contributed by atoms with van der Waals surface area (Å²) in [6.07, 6.45) is 4.98. The van der Waals surface area contributed by atoms with Crippen LogP contribution in [-0.4, -0.2) is 27.7 Å². The Labute approximate surface area is 107 Å². The van der Waals surface area contributed by atoms with E-state index in [2.05, 4.69) is 16.9 Å². The topological polar surface area (TPSA) is 66.0 Å². The van der Waals surface area contributed by atoms with Crippen molar-refractivity contribution in [1.29, 1.82) is 0 Å². The molecule has 0 aliphatic rings. The fourth-order valence-corrected chi connectivity index (χ4v) is 1.87. The van der Waals surface area contributed by atoms with Crippen molar-refractivity contribution < 1.29 is 4.74 Å². The van der Waals surface area contributed by atoms with E-state index in [0.29, 0.717) is 5.95 Å². The second-order valence-corrected chi connectivity index (χ2v) is 4.29. The molecule has 0 aliphatic carbocycles. The SMILES string of the molecule is CCCCOCCCn1c(N)nc2cccnc21. The van der Waals surface area contributed by atoms with E-state index in [1.807, 2.05) is 16.7 Å². The quantitative estimate of drug-likeness (QED) is 0.763. The summed E-state index contributed by atoms with van der Waals surface area (Å²) in [5, 5.41) is 0. The number of hydrogen-bond donors (Lipinski definition) is 1. The van der Waals surface area contributed by atoms with Gasteiger partial charge in [0.05, 0.1) is 0 Å². The van der Waals surface area contributed by atoms with Gasteiger partial charge in [0.2, 0.25) is 5.95 Å². The molecule has 18 heavy (non-hydrogen) atoms. The number of aromatic nitrogens is 3. The Morgan fingerprint density at radius 2 is 2.17 bits per heavy atom. The molecule has 0 unspecified atom stereocenters. The predicted octanol–water partition coefficient (Wildman–Crippen LogP) is 2.22. The van der Waals surface area contributed by atoms with Crippen LogP contribution in [-0.2, 0) is 11.3 Å². The first-order valence-corrected chi connectivity index (χ1v) is 6.47. The number of rotatable bonds is 7. The van der Waals surface area contributed by atoms with Gasteiger partial charge in [0.25, 0.3) is 0 Å². The van der Waals surface area contributed by atoms with Crippen molar-refractivity contribution in [3.8, 4) is 0 Å². The fourth-order valence-electron chi connectivity index (χ4n) is 1.87. The molecule has 5 heteroatoms. The fraction of sp³-hybridized carbons (Fsp3) is 0.538. The van der Waals surface area contributed by atoms with Crippen molar-refractivity contribution >= 4 is 17.1 Å². The lowest BCUT2D eigenvalue weighted by molar-refractivity contribution is 0.126. The van der Waals surface area contributed by atoms with E-state index in [-0.39, 0.29) is 0 Å². The van der Waals surface area contributed by atoms with Crippen LogP contribution in [0.15, 0.2) is 18.3 Å². The second-order valence-electron chi connectivity index (χ2n) is 4.29. The summed E-state index contributed by atoms with van der Waals surface area (Å²) in [5.74, 6) is 0.525. The average Bonchev–Trinajstić information content (AvgIpc) is 2.70. The van der Waals surface area contributed by atoms with Gasteiger partial charge in [0.1, 0.15) is 5.52 Å². The van der Waals surface area contributed by atoms with E-state index >= 15 is 0 Å². The smallest absolute Gasteiger partial charge is 0.202 e. The molecule has 0 amide bonds. The Balaban J connectivity index is 1.89. The van der Waals surface area contributed by atoms with Crippen molar-refractivity contribution in [1.82, 2.24) is 14.5 Å². The molecule has 2 aromatic heterocycles. The van der Waals surface area contributed by atoms with Crippen molar-refractivity contribution in [2.24, 2.45) is 0 Å². The molecule has 0 radical (unpaired) electrons. The molecule has 98 valence electrons. The van der Waals surface area contributed by atoms with Crippen LogP contribution in [0.5, 0.6) is 0 Å². The van der Waals surface area contributed by atoms with E-state index < -0.39 is 0 Å². The molecule has 0 aromatic carbocycles. The average molecular weight is 248 g/mol. The van der Waals surface area contributed by atoms with Crippen molar-refractivity contribution in [2.45, 2.75) is 32.7 Å². The number of nitrogens with zero attached hydrogens (tertiary/aromatic N) is 3. The highest BCUT2D eigenvalue weighted by Crippen LogP contribution is 2.15. The van der Waals surface area contributed by atoms with Gasteiger partial charge in [-0.15, -0.1) is 0 Å². The van der Waals surface area contributed by atoms with Crippen LogP contribution in [0.25, 0.3) is 11.2 Å². The Kier molecular flexibility index (Phi) is 4.52. The number of unbranched alkanes of at least 4 members (excludes halogenated alkanes) is 1. The number of fused-ring (bicyclic) bond motifs is 1. The van der Waals surface area contributed by atoms with E-state index in [1.54, 1.807) is 6.20 Å². The zero-order valence-corrected chi connectivity index (χ0v) is 10.8. The molecule has 5 nitrogen and oxygen atoms in total. The molecular weight excluding hydrogens is 228 g/mol. The summed E-state index contributed by atoms with van der Waals surface area (Å²) in [6.45, 7) is 4.56. The highest BCUT2D eigenvalue weighted by molar-refractivity contribution is 5.73. The van der Waals surface area contributed by atoms with Crippen LogP contribution in [0.4, 0.5) is 5.95 Å². The molecule has 0 spiro atoms. The molecule has 2 aromatic rings. The molecule has 0 saturated heterocycles. The number of imidazole rings is 1. The normalized spacial score (nSPS) is 11.2. The molecule has 0 saturated carbocycles. The first-order valence-electron chi connectivity index (χ1n) is 6.47. The summed E-state index contributed by atoms with van der Waals surface area (Å²) in [7, 11) is 0. The third kappa shape index (κ3) is 2.98. The third-order valence-corrected chi connectivity index (χ3v) is 2.85. The highest BCUT2D eigenvalue weighted by atomic mass is 16.5. The van der Waals surface area contributed by atoms with Crippen LogP contribution < -0.4 is 5.73 Å². The van der Waals surface area contributed by atoms with Gasteiger partial charge >= 0.3 is 0 Å². The molecule has 0 atom stereocenters. The van der Waals surface area contributed by atoms with Gasteiger partial charge in [-0.2, -0.15) is 0 Å². The van der Waals surface area contributed by atoms with E-state index in [4.69, 9.17) is 10.5 Å². The summed E-state index contributed by atoms with van der Waals surface area (Å²) in [5.41, 5.74) is 7.59. The van der Waals surface area contributed by atoms with Gasteiger partial charge in [-0.1, -0.05) is 13.3 Å². The Morgan fingerprint density at radius 1 is 1.33 bits per heavy atom. The number of ether oxygens (including phenoxy) is 1. The van der Waals surface area contributed by atoms with Crippen molar-refractivity contribution in [3.05, 3.63) is 18.3 Å². The van der Waals surface area contributed by atoms with Crippen LogP contribution >= 0.6 is 0 Å². The lowest BCUT2D eigenvalue weighted by Gasteiger charge is -2.06. The molecule has 0 aliphatic heterocycles. The Hall–Kier alpha value is -1.62. The van der Waals surface area contributed by atoms with E-state index in [1.165, 1.54) is 6.42 Å². The van der Waals surface area contributed by atoms with Crippen LogP contribution in [0.3, 0.4) is 0 Å². The standard InChI is InChI=1S/C13H20N4O/c1-2-3-9-18-10-5-8-17-12-11(16-13(17)14)6-4-7-15-12/h4,6-7H,2-3,5,8-10H2,1H3,(H2,14,16). The summed E-state index contributed by atoms with van der Waals surface area (Å²) in [4.78, 5) is 8.59.